The summed E-state index contributed by atoms with van der Waals surface area (Å²) in [6, 6.07) is 16.3. The van der Waals surface area contributed by atoms with Crippen molar-refractivity contribution in [3.63, 3.8) is 0 Å². The van der Waals surface area contributed by atoms with Gasteiger partial charge in [0.05, 0.1) is 24.5 Å². The first-order valence-electron chi connectivity index (χ1n) is 8.45. The Morgan fingerprint density at radius 1 is 1.11 bits per heavy atom. The van der Waals surface area contributed by atoms with Crippen molar-refractivity contribution in [2.24, 2.45) is 15.1 Å². The molecule has 0 saturated heterocycles. The molecule has 0 saturated carbocycles. The van der Waals surface area contributed by atoms with Gasteiger partial charge in [0.1, 0.15) is 6.21 Å². The number of nitrogens with zero attached hydrogens (tertiary/aromatic N) is 6. The van der Waals surface area contributed by atoms with E-state index in [2.05, 4.69) is 37.6 Å². The van der Waals surface area contributed by atoms with Crippen LogP contribution < -0.4 is 5.32 Å². The molecule has 1 aromatic heterocycles. The van der Waals surface area contributed by atoms with Crippen LogP contribution in [0.4, 0.5) is 5.69 Å². The van der Waals surface area contributed by atoms with Crippen LogP contribution in [0.1, 0.15) is 5.56 Å². The number of benzene rings is 2. The van der Waals surface area contributed by atoms with E-state index in [0.29, 0.717) is 18.3 Å². The van der Waals surface area contributed by atoms with Crippen molar-refractivity contribution < 1.29 is 4.11 Å². The molecule has 0 bridgehead atoms. The van der Waals surface area contributed by atoms with Gasteiger partial charge in [-0.2, -0.15) is 5.10 Å². The number of aromatic nitrogens is 2. The Morgan fingerprint density at radius 3 is 2.85 bits per heavy atom. The molecular weight excluding hydrogens is 362 g/mol. The van der Waals surface area contributed by atoms with Crippen molar-refractivity contribution in [2.75, 3.05) is 5.32 Å². The lowest BCUT2D eigenvalue weighted by molar-refractivity contribution is -0.659. The Labute approximate surface area is 160 Å². The smallest absolute Gasteiger partial charge is 0.300 e. The van der Waals surface area contributed by atoms with E-state index in [4.69, 9.17) is 11.8 Å². The predicted molar refractivity (Wildman–Crippen MR) is 108 cm³/mol. The number of hydrogen-bond acceptors (Lipinski definition) is 5. The SMILES string of the molecule is Cl[N+]12C=CN=CC1=NC(Nc1ccc3cnn(Cc4ccccc4)c3c1)=N2. The van der Waals surface area contributed by atoms with Crippen LogP contribution in [0.5, 0.6) is 0 Å². The number of fused-ring (bicyclic) bond motifs is 2. The summed E-state index contributed by atoms with van der Waals surface area (Å²) >= 11 is 6.41. The molecule has 2 aliphatic rings. The van der Waals surface area contributed by atoms with Gasteiger partial charge in [0.2, 0.25) is 11.8 Å². The Morgan fingerprint density at radius 2 is 2.00 bits per heavy atom. The summed E-state index contributed by atoms with van der Waals surface area (Å²) in [7, 11) is 0. The highest BCUT2D eigenvalue weighted by Crippen LogP contribution is 2.26. The van der Waals surface area contributed by atoms with Gasteiger partial charge in [-0.1, -0.05) is 30.3 Å². The first-order chi connectivity index (χ1) is 13.2. The number of aliphatic imine (C=N–C) groups is 2. The Kier molecular flexibility index (Phi) is 3.63. The quantitative estimate of drug-likeness (QED) is 0.708. The van der Waals surface area contributed by atoms with Gasteiger partial charge >= 0.3 is 0 Å². The molecule has 8 heteroatoms. The molecule has 27 heavy (non-hydrogen) atoms. The predicted octanol–water partition coefficient (Wildman–Crippen LogP) is 3.71. The Balaban J connectivity index is 1.44. The van der Waals surface area contributed by atoms with E-state index in [9.17, 15) is 0 Å². The number of guanidine groups is 1. The Bertz CT molecular complexity index is 1140. The zero-order valence-corrected chi connectivity index (χ0v) is 15.0. The highest BCUT2D eigenvalue weighted by molar-refractivity contribution is 6.36. The van der Waals surface area contributed by atoms with Crippen LogP contribution in [0.25, 0.3) is 10.9 Å². The lowest BCUT2D eigenvalue weighted by Gasteiger charge is -2.12. The molecule has 5 rings (SSSR count). The van der Waals surface area contributed by atoms with Crippen LogP contribution in [-0.4, -0.2) is 31.9 Å². The Hall–Kier alpha value is -3.29. The monoisotopic (exact) mass is 376 g/mol. The van der Waals surface area contributed by atoms with Crippen LogP contribution in [0.2, 0.25) is 0 Å². The second-order valence-electron chi connectivity index (χ2n) is 6.26. The highest BCUT2D eigenvalue weighted by Gasteiger charge is 2.39. The van der Waals surface area contributed by atoms with E-state index in [0.717, 1.165) is 16.6 Å². The molecular formula is C19H15ClN7+. The maximum atomic E-state index is 6.41. The summed E-state index contributed by atoms with van der Waals surface area (Å²) in [5, 5.41) is 13.2. The van der Waals surface area contributed by atoms with Gasteiger partial charge in [-0.25, -0.2) is 0 Å². The minimum absolute atomic E-state index is 0.250. The maximum Gasteiger partial charge on any atom is 0.300 e. The number of amidine groups is 1. The molecule has 3 heterocycles. The average Bonchev–Trinajstić information content (AvgIpc) is 3.22. The third-order valence-electron chi connectivity index (χ3n) is 4.40. The van der Waals surface area contributed by atoms with E-state index in [1.807, 2.05) is 47.3 Å². The van der Waals surface area contributed by atoms with Gasteiger partial charge in [0.25, 0.3) is 11.8 Å². The standard InChI is InChI=1S/C19H15ClN7/c20-27-9-8-21-12-18(27)24-19(25-27)23-16-7-6-15-11-22-26(17(15)10-16)13-14-4-2-1-3-5-14/h1-12H,13H2,(H,23,25)/q+1. The number of nitrogens with one attached hydrogen (secondary N) is 1. The fourth-order valence-electron chi connectivity index (χ4n) is 3.06. The van der Waals surface area contributed by atoms with E-state index >= 15 is 0 Å². The van der Waals surface area contributed by atoms with Crippen molar-refractivity contribution >= 4 is 46.4 Å². The molecule has 1 N–H and O–H groups in total. The van der Waals surface area contributed by atoms with Gasteiger partial charge in [-0.05, 0) is 33.0 Å². The van der Waals surface area contributed by atoms with Crippen LogP contribution in [0, 0.1) is 0 Å². The minimum Gasteiger partial charge on any atom is -0.320 e. The van der Waals surface area contributed by atoms with Crippen LogP contribution >= 0.6 is 11.8 Å². The molecule has 1 unspecified atom stereocenters. The molecule has 1 atom stereocenters. The summed E-state index contributed by atoms with van der Waals surface area (Å²) in [5.41, 5.74) is 3.09. The molecule has 3 aromatic rings. The zero-order chi connectivity index (χ0) is 18.3. The number of hydrogen-bond donors (Lipinski definition) is 1. The summed E-state index contributed by atoms with van der Waals surface area (Å²) < 4.78 is 1.73. The molecule has 2 aromatic carbocycles. The minimum atomic E-state index is -0.250. The van der Waals surface area contributed by atoms with Crippen LogP contribution in [0.15, 0.2) is 82.2 Å². The largest absolute Gasteiger partial charge is 0.320 e. The molecule has 132 valence electrons. The molecule has 0 spiro atoms. The third kappa shape index (κ3) is 2.92. The van der Waals surface area contributed by atoms with Crippen LogP contribution in [0.3, 0.4) is 0 Å². The number of anilines is 1. The summed E-state index contributed by atoms with van der Waals surface area (Å²) in [6.07, 6.45) is 6.74. The van der Waals surface area contributed by atoms with Crippen molar-refractivity contribution in [3.05, 3.63) is 72.7 Å². The van der Waals surface area contributed by atoms with E-state index in [1.165, 1.54) is 5.56 Å². The van der Waals surface area contributed by atoms with Crippen molar-refractivity contribution in [1.82, 2.24) is 9.78 Å². The summed E-state index contributed by atoms with van der Waals surface area (Å²) in [4.78, 5) is 8.45. The molecule has 0 amide bonds. The first-order valence-corrected chi connectivity index (χ1v) is 8.79. The molecule has 0 aliphatic carbocycles. The highest BCUT2D eigenvalue weighted by atomic mass is 35.5. The molecule has 7 nitrogen and oxygen atoms in total. The van der Waals surface area contributed by atoms with Crippen molar-refractivity contribution in [3.8, 4) is 0 Å². The van der Waals surface area contributed by atoms with Crippen molar-refractivity contribution in [1.29, 1.82) is 0 Å². The molecule has 0 fully saturated rings. The second kappa shape index (κ2) is 6.15. The van der Waals surface area contributed by atoms with Gasteiger partial charge in [-0.3, -0.25) is 9.67 Å². The first kappa shape index (κ1) is 15.9. The van der Waals surface area contributed by atoms with E-state index in [1.54, 1.807) is 18.6 Å². The average molecular weight is 377 g/mol. The van der Waals surface area contributed by atoms with Crippen molar-refractivity contribution in [2.45, 2.75) is 6.54 Å². The second-order valence-corrected chi connectivity index (χ2v) is 6.77. The normalized spacial score (nSPS) is 20.5. The lowest BCUT2D eigenvalue weighted by atomic mass is 10.2. The fraction of sp³-hybridized carbons (Fsp3) is 0.0526. The van der Waals surface area contributed by atoms with Gasteiger partial charge < -0.3 is 5.32 Å². The fourth-order valence-corrected chi connectivity index (χ4v) is 3.26. The third-order valence-corrected chi connectivity index (χ3v) is 4.76. The number of rotatable bonds is 3. The summed E-state index contributed by atoms with van der Waals surface area (Å²) in [6.45, 7) is 0.708. The number of quaternary nitrogens is 1. The lowest BCUT2D eigenvalue weighted by Crippen LogP contribution is -2.33. The van der Waals surface area contributed by atoms with Gasteiger partial charge in [0.15, 0.2) is 6.20 Å². The zero-order valence-electron chi connectivity index (χ0n) is 14.2. The van der Waals surface area contributed by atoms with Gasteiger partial charge in [-0.15, -0.1) is 4.99 Å². The maximum absolute atomic E-state index is 6.41. The van der Waals surface area contributed by atoms with Gasteiger partial charge in [0, 0.05) is 11.1 Å². The molecule has 2 aliphatic heterocycles. The summed E-state index contributed by atoms with van der Waals surface area (Å²) in [5.74, 6) is 0.989. The topological polar surface area (TPSA) is 66.9 Å². The van der Waals surface area contributed by atoms with Crippen LogP contribution in [-0.2, 0) is 6.54 Å². The van der Waals surface area contributed by atoms with E-state index in [-0.39, 0.29) is 4.11 Å². The molecule has 0 radical (unpaired) electrons. The van der Waals surface area contributed by atoms with E-state index < -0.39 is 0 Å². The number of halogens is 1.